The molecule has 168 valence electrons. The maximum Gasteiger partial charge on any atom is 0.295 e. The summed E-state index contributed by atoms with van der Waals surface area (Å²) >= 11 is 0. The lowest BCUT2D eigenvalue weighted by Crippen LogP contribution is -2.33. The molecule has 2 aliphatic heterocycles. The van der Waals surface area contributed by atoms with E-state index < -0.39 is 17.7 Å². The first-order valence-electron chi connectivity index (χ1n) is 10.3. The number of rotatable bonds is 7. The van der Waals surface area contributed by atoms with E-state index in [9.17, 15) is 14.7 Å². The van der Waals surface area contributed by atoms with Gasteiger partial charge in [0.2, 0.25) is 6.79 Å². The molecule has 1 fully saturated rings. The third-order valence-electron chi connectivity index (χ3n) is 5.30. The lowest BCUT2D eigenvalue weighted by atomic mass is 9.94. The SMILES string of the molecule is COCCN1C(=O)C(=O)/C(=C(/O)c2ccc3c(c2)OCO3)C1c1ccccc1OC(C)C. The zero-order chi connectivity index (χ0) is 22.8. The van der Waals surface area contributed by atoms with Gasteiger partial charge < -0.3 is 29.0 Å². The summed E-state index contributed by atoms with van der Waals surface area (Å²) in [6, 6.07) is 11.2. The number of nitrogens with zero attached hydrogens (tertiary/aromatic N) is 1. The second-order valence-corrected chi connectivity index (χ2v) is 7.76. The van der Waals surface area contributed by atoms with Crippen LogP contribution in [0.15, 0.2) is 48.0 Å². The van der Waals surface area contributed by atoms with Gasteiger partial charge in [-0.1, -0.05) is 18.2 Å². The Balaban J connectivity index is 1.87. The number of carbonyl (C=O) groups is 2. The molecule has 32 heavy (non-hydrogen) atoms. The standard InChI is InChI=1S/C24H25NO7/c1-14(2)32-17-7-5-4-6-16(17)21-20(23(27)24(28)25(21)10-11-29-3)22(26)15-8-9-18-19(12-15)31-13-30-18/h4-9,12,14,21,26H,10-11,13H2,1-3H3/b22-20+. The number of aliphatic hydroxyl groups excluding tert-OH is 1. The number of hydrogen-bond donors (Lipinski definition) is 1. The minimum absolute atomic E-state index is 0.00947. The van der Waals surface area contributed by atoms with Gasteiger partial charge in [-0.05, 0) is 38.1 Å². The van der Waals surface area contributed by atoms with Crippen LogP contribution < -0.4 is 14.2 Å². The van der Waals surface area contributed by atoms with Gasteiger partial charge in [-0.15, -0.1) is 0 Å². The summed E-state index contributed by atoms with van der Waals surface area (Å²) in [6.45, 7) is 4.29. The summed E-state index contributed by atoms with van der Waals surface area (Å²) in [6.07, 6.45) is -0.119. The van der Waals surface area contributed by atoms with Crippen LogP contribution >= 0.6 is 0 Å². The molecule has 1 N–H and O–H groups in total. The maximum absolute atomic E-state index is 13.1. The van der Waals surface area contributed by atoms with Crippen LogP contribution in [-0.4, -0.2) is 54.9 Å². The molecule has 8 heteroatoms. The second kappa shape index (κ2) is 8.92. The highest BCUT2D eigenvalue weighted by Gasteiger charge is 2.47. The van der Waals surface area contributed by atoms with Gasteiger partial charge in [-0.25, -0.2) is 0 Å². The number of para-hydroxylation sites is 1. The molecule has 1 saturated heterocycles. The summed E-state index contributed by atoms with van der Waals surface area (Å²) < 4.78 is 21.8. The Morgan fingerprint density at radius 3 is 2.66 bits per heavy atom. The molecule has 0 saturated carbocycles. The van der Waals surface area contributed by atoms with Gasteiger partial charge in [0.25, 0.3) is 11.7 Å². The average Bonchev–Trinajstić information content (AvgIpc) is 3.34. The van der Waals surface area contributed by atoms with Gasteiger partial charge in [0.15, 0.2) is 11.5 Å². The fourth-order valence-electron chi connectivity index (χ4n) is 3.89. The predicted octanol–water partition coefficient (Wildman–Crippen LogP) is 3.27. The molecule has 0 aromatic heterocycles. The number of fused-ring (bicyclic) bond motifs is 1. The number of carbonyl (C=O) groups excluding carboxylic acids is 2. The highest BCUT2D eigenvalue weighted by Crippen LogP contribution is 2.43. The van der Waals surface area contributed by atoms with Crippen LogP contribution in [0.25, 0.3) is 5.76 Å². The van der Waals surface area contributed by atoms with Crippen molar-refractivity contribution in [1.29, 1.82) is 0 Å². The quantitative estimate of drug-likeness (QED) is 0.402. The molecule has 1 unspecified atom stereocenters. The summed E-state index contributed by atoms with van der Waals surface area (Å²) in [5.74, 6) is -0.203. The average molecular weight is 439 g/mol. The Morgan fingerprint density at radius 2 is 1.91 bits per heavy atom. The van der Waals surface area contributed by atoms with Crippen molar-refractivity contribution in [3.8, 4) is 17.2 Å². The van der Waals surface area contributed by atoms with E-state index in [-0.39, 0.29) is 37.4 Å². The first kappa shape index (κ1) is 21.7. The van der Waals surface area contributed by atoms with E-state index >= 15 is 0 Å². The van der Waals surface area contributed by atoms with Crippen molar-refractivity contribution in [2.45, 2.75) is 26.0 Å². The molecule has 0 radical (unpaired) electrons. The molecule has 2 aromatic rings. The zero-order valence-corrected chi connectivity index (χ0v) is 18.2. The summed E-state index contributed by atoms with van der Waals surface area (Å²) in [4.78, 5) is 27.5. The van der Waals surface area contributed by atoms with Crippen LogP contribution in [0.2, 0.25) is 0 Å². The Kier molecular flexibility index (Phi) is 6.05. The molecule has 8 nitrogen and oxygen atoms in total. The monoisotopic (exact) mass is 439 g/mol. The predicted molar refractivity (Wildman–Crippen MR) is 116 cm³/mol. The molecular weight excluding hydrogens is 414 g/mol. The van der Waals surface area contributed by atoms with Crippen LogP contribution in [0.3, 0.4) is 0 Å². The molecule has 1 atom stereocenters. The van der Waals surface area contributed by atoms with E-state index in [2.05, 4.69) is 0 Å². The number of Topliss-reactive ketones (excluding diaryl/α,β-unsaturated/α-hetero) is 1. The fourth-order valence-corrected chi connectivity index (χ4v) is 3.89. The molecule has 0 spiro atoms. The second-order valence-electron chi connectivity index (χ2n) is 7.76. The zero-order valence-electron chi connectivity index (χ0n) is 18.2. The third-order valence-corrected chi connectivity index (χ3v) is 5.30. The lowest BCUT2D eigenvalue weighted by molar-refractivity contribution is -0.140. The molecule has 0 bridgehead atoms. The smallest absolute Gasteiger partial charge is 0.295 e. The third kappa shape index (κ3) is 3.89. The molecule has 2 aliphatic rings. The first-order chi connectivity index (χ1) is 15.4. The Morgan fingerprint density at radius 1 is 1.16 bits per heavy atom. The number of methoxy groups -OCH3 is 1. The summed E-state index contributed by atoms with van der Waals surface area (Å²) in [7, 11) is 1.52. The number of ether oxygens (including phenoxy) is 4. The molecule has 2 heterocycles. The number of hydrogen-bond acceptors (Lipinski definition) is 7. The topological polar surface area (TPSA) is 94.5 Å². The number of benzene rings is 2. The van der Waals surface area contributed by atoms with Crippen LogP contribution in [0, 0.1) is 0 Å². The minimum Gasteiger partial charge on any atom is -0.507 e. The molecule has 4 rings (SSSR count). The molecule has 2 aromatic carbocycles. The molecule has 0 aliphatic carbocycles. The normalized spacial score (nSPS) is 19.1. The Bertz CT molecular complexity index is 1080. The highest BCUT2D eigenvalue weighted by molar-refractivity contribution is 6.46. The van der Waals surface area contributed by atoms with E-state index in [1.165, 1.54) is 12.0 Å². The van der Waals surface area contributed by atoms with Gasteiger partial charge in [0.05, 0.1) is 24.3 Å². The van der Waals surface area contributed by atoms with Crippen molar-refractivity contribution in [1.82, 2.24) is 4.90 Å². The van der Waals surface area contributed by atoms with Crippen molar-refractivity contribution in [3.05, 3.63) is 59.2 Å². The van der Waals surface area contributed by atoms with E-state index in [4.69, 9.17) is 18.9 Å². The van der Waals surface area contributed by atoms with Gasteiger partial charge in [-0.3, -0.25) is 9.59 Å². The lowest BCUT2D eigenvalue weighted by Gasteiger charge is -2.27. The van der Waals surface area contributed by atoms with Gasteiger partial charge in [0.1, 0.15) is 11.5 Å². The number of ketones is 1. The van der Waals surface area contributed by atoms with Crippen molar-refractivity contribution < 1.29 is 33.6 Å². The molecule has 1 amide bonds. The van der Waals surface area contributed by atoms with Crippen LogP contribution in [0.4, 0.5) is 0 Å². The largest absolute Gasteiger partial charge is 0.507 e. The van der Waals surface area contributed by atoms with Gasteiger partial charge >= 0.3 is 0 Å². The van der Waals surface area contributed by atoms with Crippen molar-refractivity contribution in [2.75, 3.05) is 27.1 Å². The van der Waals surface area contributed by atoms with Crippen LogP contribution in [0.1, 0.15) is 31.0 Å². The van der Waals surface area contributed by atoms with E-state index in [1.807, 2.05) is 19.9 Å². The van der Waals surface area contributed by atoms with Crippen molar-refractivity contribution in [2.24, 2.45) is 0 Å². The van der Waals surface area contributed by atoms with E-state index in [0.717, 1.165) is 0 Å². The number of likely N-dealkylation sites (tertiary alicyclic amines) is 1. The van der Waals surface area contributed by atoms with Crippen molar-refractivity contribution >= 4 is 17.4 Å². The molecular formula is C24H25NO7. The summed E-state index contributed by atoms with van der Waals surface area (Å²) in [5, 5.41) is 11.2. The Hall–Kier alpha value is -3.52. The van der Waals surface area contributed by atoms with Crippen molar-refractivity contribution in [3.63, 3.8) is 0 Å². The fraction of sp³-hybridized carbons (Fsp3) is 0.333. The minimum atomic E-state index is -0.828. The first-order valence-corrected chi connectivity index (χ1v) is 10.3. The Labute approximate surface area is 185 Å². The number of amides is 1. The van der Waals surface area contributed by atoms with Crippen LogP contribution in [0.5, 0.6) is 17.2 Å². The van der Waals surface area contributed by atoms with E-state index in [0.29, 0.717) is 28.4 Å². The summed E-state index contributed by atoms with van der Waals surface area (Å²) in [5.41, 5.74) is 0.954. The van der Waals surface area contributed by atoms with Gasteiger partial charge in [0, 0.05) is 24.8 Å². The van der Waals surface area contributed by atoms with Gasteiger partial charge in [-0.2, -0.15) is 0 Å². The maximum atomic E-state index is 13.1. The highest BCUT2D eigenvalue weighted by atomic mass is 16.7. The number of aliphatic hydroxyl groups is 1. The van der Waals surface area contributed by atoms with E-state index in [1.54, 1.807) is 36.4 Å². The van der Waals surface area contributed by atoms with Crippen LogP contribution in [-0.2, 0) is 14.3 Å².